The second-order valence-electron chi connectivity index (χ2n) is 5.64. The molecule has 0 saturated carbocycles. The lowest BCUT2D eigenvalue weighted by Gasteiger charge is -2.15. The molecule has 1 aromatic carbocycles. The van der Waals surface area contributed by atoms with Crippen LogP contribution in [-0.4, -0.2) is 35.2 Å². The lowest BCUT2D eigenvalue weighted by atomic mass is 10.1. The van der Waals surface area contributed by atoms with Crippen LogP contribution in [0.5, 0.6) is 11.9 Å². The van der Waals surface area contributed by atoms with Gasteiger partial charge in [-0.15, -0.1) is 0 Å². The molecule has 0 spiro atoms. The number of aromatic nitrogens is 2. The van der Waals surface area contributed by atoms with Crippen molar-refractivity contribution in [3.8, 4) is 11.9 Å². The Balaban J connectivity index is 1.94. The molecule has 148 valence electrons. The number of methoxy groups -OCH3 is 2. The maximum absolute atomic E-state index is 12.0. The Labute approximate surface area is 176 Å². The molecule has 0 radical (unpaired) electrons. The highest BCUT2D eigenvalue weighted by Crippen LogP contribution is 2.25. The topological polar surface area (TPSA) is 97.4 Å². The first-order valence-corrected chi connectivity index (χ1v) is 9.31. The van der Waals surface area contributed by atoms with E-state index in [0.29, 0.717) is 11.4 Å². The molecule has 2 aromatic rings. The Bertz CT molecular complexity index is 897. The molecule has 0 aliphatic rings. The van der Waals surface area contributed by atoms with Gasteiger partial charge in [-0.3, -0.25) is 15.6 Å². The maximum Gasteiger partial charge on any atom is 0.319 e. The van der Waals surface area contributed by atoms with Gasteiger partial charge in [0.05, 0.1) is 19.8 Å². The highest BCUT2D eigenvalue weighted by Gasteiger charge is 2.08. The number of benzene rings is 1. The SMILES string of the molecule is COc1ncc(/C=C\C(=O)NNC(=S)Nc2c(C)cc(Br)cc2C)c(OC)n1. The lowest BCUT2D eigenvalue weighted by molar-refractivity contribution is -0.116. The molecule has 0 atom stereocenters. The van der Waals surface area contributed by atoms with Gasteiger partial charge in [0.25, 0.3) is 5.91 Å². The molecule has 2 rings (SSSR count). The van der Waals surface area contributed by atoms with Crippen LogP contribution in [0.15, 0.2) is 28.9 Å². The summed E-state index contributed by atoms with van der Waals surface area (Å²) in [6.45, 7) is 3.93. The molecular formula is C18H20BrN5O3S. The van der Waals surface area contributed by atoms with Crippen LogP contribution in [-0.2, 0) is 4.79 Å². The third-order valence-electron chi connectivity index (χ3n) is 3.58. The smallest absolute Gasteiger partial charge is 0.319 e. The first-order valence-electron chi connectivity index (χ1n) is 8.11. The Kier molecular flexibility index (Phi) is 7.70. The molecule has 0 unspecified atom stereocenters. The average Bonchev–Trinajstić information content (AvgIpc) is 2.67. The molecule has 1 aromatic heterocycles. The lowest BCUT2D eigenvalue weighted by Crippen LogP contribution is -2.43. The fraction of sp³-hybridized carbons (Fsp3) is 0.222. The van der Waals surface area contributed by atoms with E-state index in [1.807, 2.05) is 26.0 Å². The molecule has 0 aliphatic heterocycles. The van der Waals surface area contributed by atoms with Crippen molar-refractivity contribution in [3.63, 3.8) is 0 Å². The summed E-state index contributed by atoms with van der Waals surface area (Å²) >= 11 is 8.68. The molecule has 1 amide bonds. The third kappa shape index (κ3) is 5.89. The minimum absolute atomic E-state index is 0.176. The quantitative estimate of drug-likeness (QED) is 0.352. The number of hydrazine groups is 1. The number of hydrogen-bond acceptors (Lipinski definition) is 6. The monoisotopic (exact) mass is 465 g/mol. The summed E-state index contributed by atoms with van der Waals surface area (Å²) in [7, 11) is 2.93. The summed E-state index contributed by atoms with van der Waals surface area (Å²) in [5.41, 5.74) is 8.60. The van der Waals surface area contributed by atoms with E-state index in [2.05, 4.69) is 42.1 Å². The standard InChI is InChI=1S/C18H20BrN5O3S/c1-10-7-13(19)8-11(2)15(10)21-18(28)24-23-14(25)6-5-12-9-20-17(27-4)22-16(12)26-3/h5-9H,1-4H3,(H,23,25)(H2,21,24,28)/b6-5-. The minimum Gasteiger partial charge on any atom is -0.480 e. The molecular weight excluding hydrogens is 446 g/mol. The fourth-order valence-corrected chi connectivity index (χ4v) is 3.15. The van der Waals surface area contributed by atoms with Gasteiger partial charge in [0.15, 0.2) is 5.11 Å². The van der Waals surface area contributed by atoms with Crippen LogP contribution in [0.25, 0.3) is 6.08 Å². The second-order valence-corrected chi connectivity index (χ2v) is 6.96. The highest BCUT2D eigenvalue weighted by molar-refractivity contribution is 9.10. The molecule has 3 N–H and O–H groups in total. The van der Waals surface area contributed by atoms with E-state index in [-0.39, 0.29) is 11.1 Å². The Morgan fingerprint density at radius 2 is 1.86 bits per heavy atom. The van der Waals surface area contributed by atoms with Crippen molar-refractivity contribution >= 4 is 50.9 Å². The van der Waals surface area contributed by atoms with Gasteiger partial charge < -0.3 is 14.8 Å². The van der Waals surface area contributed by atoms with Gasteiger partial charge in [0.2, 0.25) is 5.88 Å². The van der Waals surface area contributed by atoms with Gasteiger partial charge >= 0.3 is 6.01 Å². The van der Waals surface area contributed by atoms with Crippen LogP contribution in [0.3, 0.4) is 0 Å². The number of halogens is 1. The predicted molar refractivity (Wildman–Crippen MR) is 115 cm³/mol. The number of nitrogens with zero attached hydrogens (tertiary/aromatic N) is 2. The third-order valence-corrected chi connectivity index (χ3v) is 4.25. The van der Waals surface area contributed by atoms with Crippen LogP contribution in [0.1, 0.15) is 16.7 Å². The number of anilines is 1. The number of rotatable bonds is 5. The zero-order valence-corrected chi connectivity index (χ0v) is 18.2. The van der Waals surface area contributed by atoms with Crippen molar-refractivity contribution in [2.45, 2.75) is 13.8 Å². The number of aryl methyl sites for hydroxylation is 2. The zero-order chi connectivity index (χ0) is 20.7. The van der Waals surface area contributed by atoms with E-state index >= 15 is 0 Å². The van der Waals surface area contributed by atoms with E-state index < -0.39 is 5.91 Å². The van der Waals surface area contributed by atoms with E-state index in [0.717, 1.165) is 21.3 Å². The number of amides is 1. The number of hydrogen-bond donors (Lipinski definition) is 3. The van der Waals surface area contributed by atoms with E-state index in [4.69, 9.17) is 21.7 Å². The van der Waals surface area contributed by atoms with E-state index in [1.54, 1.807) is 0 Å². The summed E-state index contributed by atoms with van der Waals surface area (Å²) in [5.74, 6) is -0.117. The first kappa shape index (κ1) is 21.6. The van der Waals surface area contributed by atoms with Gasteiger partial charge in [0, 0.05) is 22.4 Å². The largest absolute Gasteiger partial charge is 0.480 e. The van der Waals surface area contributed by atoms with Crippen molar-refractivity contribution < 1.29 is 14.3 Å². The molecule has 10 heteroatoms. The van der Waals surface area contributed by atoms with Crippen molar-refractivity contribution in [3.05, 3.63) is 45.6 Å². The second kappa shape index (κ2) is 10.00. The molecule has 28 heavy (non-hydrogen) atoms. The summed E-state index contributed by atoms with van der Waals surface area (Å²) in [6, 6.07) is 4.13. The Hall–Kier alpha value is -2.72. The number of nitrogens with one attached hydrogen (secondary N) is 3. The summed E-state index contributed by atoms with van der Waals surface area (Å²) < 4.78 is 11.1. The van der Waals surface area contributed by atoms with Crippen molar-refractivity contribution in [2.75, 3.05) is 19.5 Å². The molecule has 0 aliphatic carbocycles. The average molecular weight is 466 g/mol. The van der Waals surface area contributed by atoms with Crippen LogP contribution >= 0.6 is 28.1 Å². The predicted octanol–water partition coefficient (Wildman–Crippen LogP) is 2.90. The van der Waals surface area contributed by atoms with Crippen LogP contribution in [0.2, 0.25) is 0 Å². The Morgan fingerprint density at radius 3 is 2.46 bits per heavy atom. The summed E-state index contributed by atoms with van der Waals surface area (Å²) in [5, 5.41) is 3.34. The number of carbonyl (C=O) groups excluding carboxylic acids is 1. The van der Waals surface area contributed by atoms with Gasteiger partial charge in [-0.2, -0.15) is 4.98 Å². The number of thiocarbonyl (C=S) groups is 1. The van der Waals surface area contributed by atoms with Crippen LogP contribution in [0.4, 0.5) is 5.69 Å². The van der Waals surface area contributed by atoms with Crippen molar-refractivity contribution in [2.24, 2.45) is 0 Å². The van der Waals surface area contributed by atoms with Crippen molar-refractivity contribution in [1.29, 1.82) is 0 Å². The van der Waals surface area contributed by atoms with Gasteiger partial charge in [0.1, 0.15) is 0 Å². The van der Waals surface area contributed by atoms with Crippen LogP contribution < -0.4 is 25.6 Å². The number of ether oxygens (including phenoxy) is 2. The first-order chi connectivity index (χ1) is 13.3. The summed E-state index contributed by atoms with van der Waals surface area (Å²) in [6.07, 6.45) is 4.32. The molecule has 0 fully saturated rings. The Morgan fingerprint density at radius 1 is 1.18 bits per heavy atom. The highest BCUT2D eigenvalue weighted by atomic mass is 79.9. The molecule has 0 saturated heterocycles. The van der Waals surface area contributed by atoms with Gasteiger partial charge in [-0.1, -0.05) is 15.9 Å². The van der Waals surface area contributed by atoms with E-state index in [9.17, 15) is 4.79 Å². The zero-order valence-electron chi connectivity index (χ0n) is 15.8. The number of carbonyl (C=O) groups is 1. The fourth-order valence-electron chi connectivity index (χ4n) is 2.31. The van der Waals surface area contributed by atoms with E-state index in [1.165, 1.54) is 32.6 Å². The minimum atomic E-state index is -0.411. The molecule has 1 heterocycles. The molecule has 0 bridgehead atoms. The van der Waals surface area contributed by atoms with Crippen LogP contribution in [0, 0.1) is 13.8 Å². The maximum atomic E-state index is 12.0. The van der Waals surface area contributed by atoms with Crippen molar-refractivity contribution in [1.82, 2.24) is 20.8 Å². The normalized spacial score (nSPS) is 10.5. The summed E-state index contributed by atoms with van der Waals surface area (Å²) in [4.78, 5) is 20.0. The van der Waals surface area contributed by atoms with Gasteiger partial charge in [-0.25, -0.2) is 4.98 Å². The van der Waals surface area contributed by atoms with Gasteiger partial charge in [-0.05, 0) is 55.4 Å². The molecule has 8 nitrogen and oxygen atoms in total.